The maximum atomic E-state index is 13.1. The smallest absolute Gasteiger partial charge is 0.387 e. The summed E-state index contributed by atoms with van der Waals surface area (Å²) in [6.45, 7) is -0.595. The Morgan fingerprint density at radius 1 is 1.17 bits per heavy atom. The molecule has 9 heteroatoms. The first-order chi connectivity index (χ1) is 14.5. The van der Waals surface area contributed by atoms with Crippen LogP contribution in [0.1, 0.15) is 19.8 Å². The fraction of sp³-hybridized carbons (Fsp3) is 0.286. The number of hydrogen-bond acceptors (Lipinski definition) is 6. The monoisotopic (exact) mass is 434 g/mol. The number of unbranched alkanes of at least 4 members (excludes halogenated alkanes) is 1. The SMILES string of the molecule is CCCCOC(=O)CSc1nc2ccccc2c(=O)n1-c1ccc(OC(F)F)cc1. The number of aromatic nitrogens is 2. The van der Waals surface area contributed by atoms with Gasteiger partial charge in [-0.1, -0.05) is 37.2 Å². The van der Waals surface area contributed by atoms with Crippen molar-refractivity contribution in [3.05, 3.63) is 58.9 Å². The second kappa shape index (κ2) is 10.2. The molecule has 3 rings (SSSR count). The van der Waals surface area contributed by atoms with Gasteiger partial charge in [0.05, 0.1) is 29.0 Å². The first-order valence-corrected chi connectivity index (χ1v) is 10.3. The van der Waals surface area contributed by atoms with Crippen molar-refractivity contribution in [2.75, 3.05) is 12.4 Å². The summed E-state index contributed by atoms with van der Waals surface area (Å²) in [7, 11) is 0. The number of carbonyl (C=O) groups excluding carboxylic acids is 1. The van der Waals surface area contributed by atoms with Crippen LogP contribution in [-0.4, -0.2) is 34.5 Å². The molecule has 0 N–H and O–H groups in total. The summed E-state index contributed by atoms with van der Waals surface area (Å²) in [5.74, 6) is -0.437. The summed E-state index contributed by atoms with van der Waals surface area (Å²) < 4.78 is 35.7. The summed E-state index contributed by atoms with van der Waals surface area (Å²) in [5, 5.41) is 0.703. The Bertz CT molecular complexity index is 1070. The zero-order valence-electron chi connectivity index (χ0n) is 16.2. The summed E-state index contributed by atoms with van der Waals surface area (Å²) in [6, 6.07) is 12.5. The standard InChI is InChI=1S/C21H20F2N2O4S/c1-2-3-12-28-18(26)13-30-21-24-17-7-5-4-6-16(17)19(27)25(21)14-8-10-15(11-9-14)29-20(22)23/h4-11,20H,2-3,12-13H2,1H3. The first kappa shape index (κ1) is 21.8. The van der Waals surface area contributed by atoms with E-state index in [2.05, 4.69) is 9.72 Å². The molecule has 1 aromatic heterocycles. The van der Waals surface area contributed by atoms with E-state index < -0.39 is 12.6 Å². The van der Waals surface area contributed by atoms with Crippen molar-refractivity contribution in [3.8, 4) is 11.4 Å². The van der Waals surface area contributed by atoms with Crippen LogP contribution < -0.4 is 10.3 Å². The van der Waals surface area contributed by atoms with Crippen LogP contribution in [0, 0.1) is 0 Å². The van der Waals surface area contributed by atoms with Gasteiger partial charge in [-0.15, -0.1) is 0 Å². The van der Waals surface area contributed by atoms with E-state index in [4.69, 9.17) is 4.74 Å². The van der Waals surface area contributed by atoms with Gasteiger partial charge in [0.2, 0.25) is 0 Å². The summed E-state index contributed by atoms with van der Waals surface area (Å²) in [4.78, 5) is 29.6. The molecule has 0 radical (unpaired) electrons. The van der Waals surface area contributed by atoms with Gasteiger partial charge in [-0.2, -0.15) is 8.78 Å². The number of fused-ring (bicyclic) bond motifs is 1. The van der Waals surface area contributed by atoms with Crippen LogP contribution in [0.5, 0.6) is 5.75 Å². The van der Waals surface area contributed by atoms with E-state index in [0.29, 0.717) is 28.4 Å². The predicted octanol–water partition coefficient (Wildman–Crippen LogP) is 4.42. The lowest BCUT2D eigenvalue weighted by molar-refractivity contribution is -0.140. The second-order valence-electron chi connectivity index (χ2n) is 6.29. The van der Waals surface area contributed by atoms with Crippen LogP contribution in [0.4, 0.5) is 8.78 Å². The Hall–Kier alpha value is -2.94. The summed E-state index contributed by atoms with van der Waals surface area (Å²) in [6.07, 6.45) is 1.69. The minimum atomic E-state index is -2.94. The molecule has 6 nitrogen and oxygen atoms in total. The first-order valence-electron chi connectivity index (χ1n) is 9.35. The molecule has 0 amide bonds. The second-order valence-corrected chi connectivity index (χ2v) is 7.23. The third-order valence-corrected chi connectivity index (χ3v) is 5.06. The normalized spacial score (nSPS) is 11.1. The summed E-state index contributed by atoms with van der Waals surface area (Å²) in [5.41, 5.74) is 0.588. The zero-order chi connectivity index (χ0) is 21.5. The molecule has 30 heavy (non-hydrogen) atoms. The number of thioether (sulfide) groups is 1. The van der Waals surface area contributed by atoms with Crippen molar-refractivity contribution < 1.29 is 23.0 Å². The van der Waals surface area contributed by atoms with Crippen molar-refractivity contribution in [2.24, 2.45) is 0 Å². The number of ether oxygens (including phenoxy) is 2. The van der Waals surface area contributed by atoms with Gasteiger partial charge in [-0.05, 0) is 42.8 Å². The Labute approximate surface area is 175 Å². The van der Waals surface area contributed by atoms with Gasteiger partial charge < -0.3 is 9.47 Å². The topological polar surface area (TPSA) is 70.4 Å². The third kappa shape index (κ3) is 5.35. The molecule has 0 atom stereocenters. The molecule has 0 aliphatic heterocycles. The van der Waals surface area contributed by atoms with Gasteiger partial charge in [0.1, 0.15) is 5.75 Å². The van der Waals surface area contributed by atoms with Crippen LogP contribution in [0.3, 0.4) is 0 Å². The van der Waals surface area contributed by atoms with E-state index >= 15 is 0 Å². The van der Waals surface area contributed by atoms with Gasteiger partial charge >= 0.3 is 12.6 Å². The molecule has 0 saturated heterocycles. The van der Waals surface area contributed by atoms with Crippen LogP contribution >= 0.6 is 11.8 Å². The fourth-order valence-electron chi connectivity index (χ4n) is 2.71. The van der Waals surface area contributed by atoms with E-state index in [-0.39, 0.29) is 17.1 Å². The largest absolute Gasteiger partial charge is 0.465 e. The summed E-state index contributed by atoms with van der Waals surface area (Å²) >= 11 is 1.08. The van der Waals surface area contributed by atoms with Crippen LogP contribution in [0.15, 0.2) is 58.5 Å². The van der Waals surface area contributed by atoms with Crippen molar-refractivity contribution in [1.82, 2.24) is 9.55 Å². The van der Waals surface area contributed by atoms with E-state index in [9.17, 15) is 18.4 Å². The fourth-order valence-corrected chi connectivity index (χ4v) is 3.52. The number of carbonyl (C=O) groups is 1. The van der Waals surface area contributed by atoms with Gasteiger partial charge in [0.25, 0.3) is 5.56 Å². The van der Waals surface area contributed by atoms with E-state index in [0.717, 1.165) is 24.6 Å². The average Bonchev–Trinajstić information content (AvgIpc) is 2.73. The predicted molar refractivity (Wildman–Crippen MR) is 111 cm³/mol. The molecule has 0 spiro atoms. The molecular formula is C21H20F2N2O4S. The number of rotatable bonds is 9. The number of halogens is 2. The highest BCUT2D eigenvalue weighted by Crippen LogP contribution is 2.23. The quantitative estimate of drug-likeness (QED) is 0.215. The minimum Gasteiger partial charge on any atom is -0.465 e. The van der Waals surface area contributed by atoms with Gasteiger partial charge in [0.15, 0.2) is 5.16 Å². The van der Waals surface area contributed by atoms with Crippen molar-refractivity contribution in [1.29, 1.82) is 0 Å². The minimum absolute atomic E-state index is 0.0128. The van der Waals surface area contributed by atoms with Crippen LogP contribution in [0.2, 0.25) is 0 Å². The molecular weight excluding hydrogens is 414 g/mol. The number of hydrogen-bond donors (Lipinski definition) is 0. The average molecular weight is 434 g/mol. The number of nitrogens with zero attached hydrogens (tertiary/aromatic N) is 2. The number of alkyl halides is 2. The lowest BCUT2D eigenvalue weighted by Gasteiger charge is -2.14. The Kier molecular flexibility index (Phi) is 7.40. The highest BCUT2D eigenvalue weighted by atomic mass is 32.2. The number of para-hydroxylation sites is 1. The maximum Gasteiger partial charge on any atom is 0.387 e. The zero-order valence-corrected chi connectivity index (χ0v) is 17.0. The molecule has 3 aromatic rings. The molecule has 0 fully saturated rings. The molecule has 0 aliphatic carbocycles. The van der Waals surface area contributed by atoms with E-state index in [1.54, 1.807) is 24.3 Å². The molecule has 0 unspecified atom stereocenters. The van der Waals surface area contributed by atoms with Gasteiger partial charge in [0, 0.05) is 0 Å². The van der Waals surface area contributed by atoms with Gasteiger partial charge in [-0.25, -0.2) is 4.98 Å². The Morgan fingerprint density at radius 2 is 1.90 bits per heavy atom. The molecule has 1 heterocycles. The van der Waals surface area contributed by atoms with Crippen LogP contribution in [0.25, 0.3) is 16.6 Å². The highest BCUT2D eigenvalue weighted by molar-refractivity contribution is 7.99. The maximum absolute atomic E-state index is 13.1. The van der Waals surface area contributed by atoms with Crippen molar-refractivity contribution >= 4 is 28.6 Å². The molecule has 158 valence electrons. The number of benzene rings is 2. The van der Waals surface area contributed by atoms with Crippen molar-refractivity contribution in [3.63, 3.8) is 0 Å². The Morgan fingerprint density at radius 3 is 2.60 bits per heavy atom. The van der Waals surface area contributed by atoms with Crippen LogP contribution in [-0.2, 0) is 9.53 Å². The number of esters is 1. The molecule has 0 saturated carbocycles. The molecule has 0 bridgehead atoms. The van der Waals surface area contributed by atoms with Gasteiger partial charge in [-0.3, -0.25) is 14.2 Å². The highest BCUT2D eigenvalue weighted by Gasteiger charge is 2.15. The molecule has 2 aromatic carbocycles. The van der Waals surface area contributed by atoms with E-state index in [1.807, 2.05) is 6.92 Å². The lowest BCUT2D eigenvalue weighted by atomic mass is 10.2. The Balaban J connectivity index is 1.95. The van der Waals surface area contributed by atoms with Crippen molar-refractivity contribution in [2.45, 2.75) is 31.5 Å². The molecule has 0 aliphatic rings. The lowest BCUT2D eigenvalue weighted by Crippen LogP contribution is -2.22. The third-order valence-electron chi connectivity index (χ3n) is 4.15. The van der Waals surface area contributed by atoms with E-state index in [1.165, 1.54) is 28.8 Å².